The Morgan fingerprint density at radius 1 is 0.980 bits per heavy atom. The third-order valence-electron chi connectivity index (χ3n) is 9.95. The summed E-state index contributed by atoms with van der Waals surface area (Å²) in [6.45, 7) is 4.23. The molecule has 4 amide bonds. The summed E-state index contributed by atoms with van der Waals surface area (Å²) in [4.78, 5) is 56.0. The molecule has 2 N–H and O–H groups in total. The van der Waals surface area contributed by atoms with Crippen LogP contribution >= 0.6 is 11.6 Å². The summed E-state index contributed by atoms with van der Waals surface area (Å²) in [6, 6.07) is 16.0. The number of hydrogen-bond donors (Lipinski definition) is 2. The van der Waals surface area contributed by atoms with Crippen LogP contribution in [0.15, 0.2) is 48.5 Å². The molecule has 3 aliphatic heterocycles. The number of aromatic nitrogens is 2. The number of piperidine rings is 1. The van der Waals surface area contributed by atoms with Gasteiger partial charge in [-0.05, 0) is 73.6 Å². The molecule has 4 heterocycles. The molecule has 2 aromatic carbocycles. The van der Waals surface area contributed by atoms with Crippen molar-refractivity contribution >= 4 is 41.0 Å². The van der Waals surface area contributed by atoms with Crippen LogP contribution in [-0.4, -0.2) is 88.0 Å². The number of halogens is 1. The van der Waals surface area contributed by atoms with Gasteiger partial charge in [-0.1, -0.05) is 23.7 Å². The Bertz CT molecular complexity index is 1850. The number of hydrogen-bond acceptors (Lipinski definition) is 10. The van der Waals surface area contributed by atoms with Gasteiger partial charge in [-0.25, -0.2) is 0 Å². The van der Waals surface area contributed by atoms with Crippen LogP contribution in [0.5, 0.6) is 5.75 Å². The minimum Gasteiger partial charge on any atom is -0.490 e. The van der Waals surface area contributed by atoms with Crippen molar-refractivity contribution in [1.29, 1.82) is 5.26 Å². The highest BCUT2D eigenvalue weighted by Crippen LogP contribution is 2.30. The molecule has 1 saturated carbocycles. The lowest BCUT2D eigenvalue weighted by Gasteiger charge is -2.35. The van der Waals surface area contributed by atoms with Crippen molar-refractivity contribution in [3.63, 3.8) is 0 Å². The first-order chi connectivity index (χ1) is 24.2. The van der Waals surface area contributed by atoms with E-state index in [1.807, 2.05) is 30.3 Å². The lowest BCUT2D eigenvalue weighted by molar-refractivity contribution is -0.136. The highest BCUT2D eigenvalue weighted by Gasteiger charge is 2.39. The second-order valence-corrected chi connectivity index (χ2v) is 13.7. The zero-order valence-corrected chi connectivity index (χ0v) is 28.2. The van der Waals surface area contributed by atoms with Crippen LogP contribution in [0.4, 0.5) is 5.82 Å². The molecule has 0 radical (unpaired) electrons. The van der Waals surface area contributed by atoms with Gasteiger partial charge in [0.25, 0.3) is 11.8 Å². The Hall–Kier alpha value is -5.06. The minimum absolute atomic E-state index is 0.0172. The van der Waals surface area contributed by atoms with Crippen LogP contribution in [0.1, 0.15) is 76.1 Å². The second kappa shape index (κ2) is 14.4. The number of fused-ring (bicyclic) bond motifs is 1. The van der Waals surface area contributed by atoms with E-state index >= 15 is 0 Å². The van der Waals surface area contributed by atoms with Crippen molar-refractivity contribution < 1.29 is 23.9 Å². The molecule has 7 rings (SSSR count). The Morgan fingerprint density at radius 3 is 2.48 bits per heavy atom. The van der Waals surface area contributed by atoms with Crippen molar-refractivity contribution in [2.45, 2.75) is 69.8 Å². The van der Waals surface area contributed by atoms with Crippen molar-refractivity contribution in [2.75, 3.05) is 31.1 Å². The van der Waals surface area contributed by atoms with Crippen molar-refractivity contribution in [1.82, 2.24) is 30.6 Å². The van der Waals surface area contributed by atoms with Gasteiger partial charge in [0, 0.05) is 63.4 Å². The molecule has 2 saturated heterocycles. The molecular weight excluding hydrogens is 660 g/mol. The number of imide groups is 1. The van der Waals surface area contributed by atoms with Gasteiger partial charge in [-0.2, -0.15) is 5.26 Å². The fourth-order valence-electron chi connectivity index (χ4n) is 7.17. The number of nitrogens with zero attached hydrogens (tertiary/aromatic N) is 6. The molecular formula is C36H37ClN8O5. The molecule has 1 atom stereocenters. The van der Waals surface area contributed by atoms with Crippen LogP contribution in [0, 0.1) is 11.3 Å². The molecule has 1 aromatic heterocycles. The summed E-state index contributed by atoms with van der Waals surface area (Å²) >= 11 is 6.13. The SMILES string of the molecule is N#Cc1ccc(OC2CCC(NC(=O)c3ccc(N4CCN(Cc5ccc6c(c5)CN(C5CCC(=O)NC5=O)C6=O)CC4)nn3)CC2)cc1Cl. The molecule has 258 valence electrons. The molecule has 1 aliphatic carbocycles. The highest BCUT2D eigenvalue weighted by molar-refractivity contribution is 6.31. The predicted molar refractivity (Wildman–Crippen MR) is 182 cm³/mol. The number of nitrogens with one attached hydrogen (secondary N) is 2. The molecule has 13 nitrogen and oxygen atoms in total. The second-order valence-electron chi connectivity index (χ2n) is 13.2. The number of ether oxygens (including phenoxy) is 1. The first-order valence-electron chi connectivity index (χ1n) is 17.0. The number of carbonyl (C=O) groups is 4. The fourth-order valence-corrected chi connectivity index (χ4v) is 7.38. The summed E-state index contributed by atoms with van der Waals surface area (Å²) in [5, 5.41) is 23.5. The van der Waals surface area contributed by atoms with Gasteiger partial charge in [0.2, 0.25) is 11.8 Å². The molecule has 0 bridgehead atoms. The number of anilines is 1. The zero-order chi connectivity index (χ0) is 34.8. The number of amides is 4. The maximum absolute atomic E-state index is 13.0. The van der Waals surface area contributed by atoms with E-state index in [0.29, 0.717) is 34.9 Å². The van der Waals surface area contributed by atoms with E-state index in [0.717, 1.165) is 75.4 Å². The summed E-state index contributed by atoms with van der Waals surface area (Å²) in [7, 11) is 0. The van der Waals surface area contributed by atoms with Crippen LogP contribution in [0.3, 0.4) is 0 Å². The monoisotopic (exact) mass is 696 g/mol. The number of piperazine rings is 1. The largest absolute Gasteiger partial charge is 0.490 e. The van der Waals surface area contributed by atoms with Crippen molar-refractivity contribution in [3.05, 3.63) is 81.5 Å². The lowest BCUT2D eigenvalue weighted by atomic mass is 9.93. The number of rotatable bonds is 8. The summed E-state index contributed by atoms with van der Waals surface area (Å²) in [5.74, 6) is 0.255. The first kappa shape index (κ1) is 33.4. The van der Waals surface area contributed by atoms with E-state index in [1.54, 1.807) is 29.2 Å². The van der Waals surface area contributed by atoms with E-state index in [9.17, 15) is 19.2 Å². The zero-order valence-electron chi connectivity index (χ0n) is 27.4. The van der Waals surface area contributed by atoms with Crippen molar-refractivity contribution in [3.8, 4) is 11.8 Å². The van der Waals surface area contributed by atoms with Gasteiger partial charge in [0.15, 0.2) is 11.5 Å². The molecule has 3 aromatic rings. The molecule has 0 spiro atoms. The van der Waals surface area contributed by atoms with E-state index in [1.165, 1.54) is 0 Å². The normalized spacial score (nSPS) is 22.5. The maximum Gasteiger partial charge on any atom is 0.272 e. The van der Waals surface area contributed by atoms with Crippen LogP contribution in [0.2, 0.25) is 5.02 Å². The van der Waals surface area contributed by atoms with Crippen molar-refractivity contribution in [2.24, 2.45) is 0 Å². The van der Waals surface area contributed by atoms with Crippen LogP contribution in [0.25, 0.3) is 0 Å². The average molecular weight is 697 g/mol. The first-order valence-corrected chi connectivity index (χ1v) is 17.4. The minimum atomic E-state index is -0.620. The van der Waals surface area contributed by atoms with Gasteiger partial charge in [0.1, 0.15) is 17.9 Å². The van der Waals surface area contributed by atoms with Gasteiger partial charge in [0.05, 0.1) is 16.7 Å². The lowest BCUT2D eigenvalue weighted by Crippen LogP contribution is -2.52. The summed E-state index contributed by atoms with van der Waals surface area (Å²) < 4.78 is 6.06. The third-order valence-corrected chi connectivity index (χ3v) is 10.3. The van der Waals surface area contributed by atoms with Gasteiger partial charge < -0.3 is 19.9 Å². The Kier molecular flexibility index (Phi) is 9.65. The molecule has 50 heavy (non-hydrogen) atoms. The van der Waals surface area contributed by atoms with E-state index in [-0.39, 0.29) is 42.0 Å². The smallest absolute Gasteiger partial charge is 0.272 e. The molecule has 4 aliphatic rings. The standard InChI is InChI=1S/C36H37ClN8O5/c37-29-18-27(5-2-23(29)19-38)50-26-6-3-25(4-7-26)39-34(47)30-9-11-32(42-41-30)44-15-13-43(14-16-44)20-22-1-8-28-24(17-22)21-45(36(28)49)31-10-12-33(46)40-35(31)48/h1-2,5,8-9,11,17-18,25-26,31H,3-4,6-7,10,12-16,20-21H2,(H,39,47)(H,40,46,48). The number of nitriles is 1. The predicted octanol–water partition coefficient (Wildman–Crippen LogP) is 3.20. The highest BCUT2D eigenvalue weighted by atomic mass is 35.5. The van der Waals surface area contributed by atoms with Crippen LogP contribution in [-0.2, 0) is 22.7 Å². The Labute approximate surface area is 294 Å². The summed E-state index contributed by atoms with van der Waals surface area (Å²) in [6.07, 6.45) is 3.73. The average Bonchev–Trinajstić information content (AvgIpc) is 3.44. The quantitative estimate of drug-likeness (QED) is 0.335. The molecule has 14 heteroatoms. The Morgan fingerprint density at radius 2 is 1.78 bits per heavy atom. The van der Waals surface area contributed by atoms with Gasteiger partial charge in [-0.3, -0.25) is 29.4 Å². The van der Waals surface area contributed by atoms with Gasteiger partial charge in [-0.15, -0.1) is 10.2 Å². The third kappa shape index (κ3) is 7.27. The topological polar surface area (TPSA) is 161 Å². The van der Waals surface area contributed by atoms with E-state index in [2.05, 4.69) is 30.6 Å². The maximum atomic E-state index is 13.0. The summed E-state index contributed by atoms with van der Waals surface area (Å²) in [5.41, 5.74) is 3.31. The number of carbonyl (C=O) groups excluding carboxylic acids is 4. The molecule has 3 fully saturated rings. The van der Waals surface area contributed by atoms with E-state index < -0.39 is 11.9 Å². The fraction of sp³-hybridized carbons (Fsp3) is 0.417. The van der Waals surface area contributed by atoms with Gasteiger partial charge >= 0.3 is 0 Å². The molecule has 1 unspecified atom stereocenters. The number of benzene rings is 2. The van der Waals surface area contributed by atoms with E-state index in [4.69, 9.17) is 21.6 Å². The van der Waals surface area contributed by atoms with Crippen LogP contribution < -0.4 is 20.3 Å². The Balaban J connectivity index is 0.853.